The Kier molecular flexibility index (Phi) is 7.46. The largest absolute Gasteiger partial charge is 0.384 e. The van der Waals surface area contributed by atoms with E-state index in [0.717, 1.165) is 49.8 Å². The molecular formula is C19H24ClN9. The van der Waals surface area contributed by atoms with Gasteiger partial charge in [0, 0.05) is 37.7 Å². The summed E-state index contributed by atoms with van der Waals surface area (Å²) in [5.74, 6) is 2.05. The Bertz CT molecular complexity index is 871. The van der Waals surface area contributed by atoms with Crippen LogP contribution in [0, 0.1) is 0 Å². The number of nitrogens with one attached hydrogen (secondary N) is 1. The topological polar surface area (TPSA) is 119 Å². The van der Waals surface area contributed by atoms with Crippen molar-refractivity contribution in [2.45, 2.75) is 32.2 Å². The summed E-state index contributed by atoms with van der Waals surface area (Å²) in [7, 11) is 0. The Hall–Kier alpha value is -3.07. The number of nitrogens with zero attached hydrogens (tertiary/aromatic N) is 7. The third-order valence-electron chi connectivity index (χ3n) is 4.47. The standard InChI is InChI=1S/C15H19ClN6.C4H5N3/c1-2-12-13(16)14(20-10-19-12)21-11-4-8-22(9-5-11)15-17-6-3-7-18-15;5-4-1-2-6-3-7-4/h3,6-7,10-11H,2,4-5,8-9H2,1H3,(H,19,20,21);1-3H,(H2,5,6,7). The molecule has 1 aliphatic heterocycles. The van der Waals surface area contributed by atoms with Gasteiger partial charge in [-0.3, -0.25) is 0 Å². The molecule has 0 spiro atoms. The fraction of sp³-hybridized carbons (Fsp3) is 0.368. The Labute approximate surface area is 174 Å². The normalized spacial score (nSPS) is 14.1. The van der Waals surface area contributed by atoms with Crippen molar-refractivity contribution in [2.24, 2.45) is 0 Å². The van der Waals surface area contributed by atoms with E-state index in [-0.39, 0.29) is 0 Å². The molecule has 152 valence electrons. The van der Waals surface area contributed by atoms with Gasteiger partial charge in [0.25, 0.3) is 0 Å². The summed E-state index contributed by atoms with van der Waals surface area (Å²) in [5.41, 5.74) is 6.09. The number of hydrogen-bond donors (Lipinski definition) is 2. The van der Waals surface area contributed by atoms with Gasteiger partial charge in [0.15, 0.2) is 0 Å². The van der Waals surface area contributed by atoms with Crippen LogP contribution in [0.2, 0.25) is 5.02 Å². The molecule has 1 fully saturated rings. The summed E-state index contributed by atoms with van der Waals surface area (Å²) in [6.07, 6.45) is 10.9. The summed E-state index contributed by atoms with van der Waals surface area (Å²) in [5, 5.41) is 4.08. The zero-order valence-corrected chi connectivity index (χ0v) is 17.0. The predicted molar refractivity (Wildman–Crippen MR) is 114 cm³/mol. The molecular weight excluding hydrogens is 390 g/mol. The van der Waals surface area contributed by atoms with Gasteiger partial charge in [-0.1, -0.05) is 18.5 Å². The zero-order chi connectivity index (χ0) is 20.5. The highest BCUT2D eigenvalue weighted by Crippen LogP contribution is 2.25. The molecule has 0 unspecified atom stereocenters. The second-order valence-corrected chi connectivity index (χ2v) is 6.80. The first-order chi connectivity index (χ1) is 14.2. The molecule has 0 aliphatic carbocycles. The first-order valence-corrected chi connectivity index (χ1v) is 9.84. The quantitative estimate of drug-likeness (QED) is 0.664. The summed E-state index contributed by atoms with van der Waals surface area (Å²) >= 11 is 6.33. The van der Waals surface area contributed by atoms with Crippen LogP contribution in [0.5, 0.6) is 0 Å². The molecule has 0 radical (unpaired) electrons. The summed E-state index contributed by atoms with van der Waals surface area (Å²) < 4.78 is 0. The lowest BCUT2D eigenvalue weighted by molar-refractivity contribution is 0.518. The minimum Gasteiger partial charge on any atom is -0.384 e. The molecule has 29 heavy (non-hydrogen) atoms. The lowest BCUT2D eigenvalue weighted by atomic mass is 10.1. The number of anilines is 3. The molecule has 3 N–H and O–H groups in total. The van der Waals surface area contributed by atoms with E-state index in [9.17, 15) is 0 Å². The molecule has 0 atom stereocenters. The van der Waals surface area contributed by atoms with E-state index in [1.165, 1.54) is 6.33 Å². The van der Waals surface area contributed by atoms with Gasteiger partial charge in [-0.2, -0.15) is 0 Å². The maximum absolute atomic E-state index is 6.33. The van der Waals surface area contributed by atoms with E-state index in [4.69, 9.17) is 17.3 Å². The Morgan fingerprint density at radius 1 is 1.07 bits per heavy atom. The number of aryl methyl sites for hydroxylation is 1. The molecule has 0 aromatic carbocycles. The van der Waals surface area contributed by atoms with Crippen molar-refractivity contribution in [3.63, 3.8) is 0 Å². The monoisotopic (exact) mass is 413 g/mol. The SMILES string of the molecule is CCc1ncnc(NC2CCN(c3ncccn3)CC2)c1Cl.Nc1ccncn1. The number of aromatic nitrogens is 6. The van der Waals surface area contributed by atoms with Gasteiger partial charge in [-0.15, -0.1) is 0 Å². The number of nitrogens with two attached hydrogens (primary N) is 1. The number of nitrogen functional groups attached to an aromatic ring is 1. The van der Waals surface area contributed by atoms with Gasteiger partial charge in [0.05, 0.1) is 5.69 Å². The lowest BCUT2D eigenvalue weighted by Crippen LogP contribution is -2.40. The fourth-order valence-corrected chi connectivity index (χ4v) is 3.21. The van der Waals surface area contributed by atoms with Crippen LogP contribution in [-0.2, 0) is 6.42 Å². The Morgan fingerprint density at radius 2 is 1.83 bits per heavy atom. The first-order valence-electron chi connectivity index (χ1n) is 9.46. The van der Waals surface area contributed by atoms with Crippen LogP contribution in [0.3, 0.4) is 0 Å². The maximum Gasteiger partial charge on any atom is 0.225 e. The minimum absolute atomic E-state index is 0.358. The average Bonchev–Trinajstić information content (AvgIpc) is 2.77. The van der Waals surface area contributed by atoms with Crippen molar-refractivity contribution in [2.75, 3.05) is 29.0 Å². The molecule has 9 nitrogen and oxygen atoms in total. The van der Waals surface area contributed by atoms with Crippen LogP contribution in [0.15, 0.2) is 43.4 Å². The van der Waals surface area contributed by atoms with Crippen LogP contribution in [0.4, 0.5) is 17.6 Å². The Morgan fingerprint density at radius 3 is 2.41 bits per heavy atom. The van der Waals surface area contributed by atoms with Crippen molar-refractivity contribution in [1.29, 1.82) is 0 Å². The van der Waals surface area contributed by atoms with Gasteiger partial charge in [-0.25, -0.2) is 29.9 Å². The zero-order valence-electron chi connectivity index (χ0n) is 16.2. The number of halogens is 1. The van der Waals surface area contributed by atoms with Crippen molar-refractivity contribution >= 4 is 29.2 Å². The molecule has 4 heterocycles. The van der Waals surface area contributed by atoms with Gasteiger partial charge < -0.3 is 16.0 Å². The van der Waals surface area contributed by atoms with Gasteiger partial charge in [0.2, 0.25) is 5.95 Å². The van der Waals surface area contributed by atoms with E-state index < -0.39 is 0 Å². The van der Waals surface area contributed by atoms with Crippen LogP contribution in [-0.4, -0.2) is 49.0 Å². The van der Waals surface area contributed by atoms with Crippen molar-refractivity contribution in [3.05, 3.63) is 54.1 Å². The molecule has 0 bridgehead atoms. The summed E-state index contributed by atoms with van der Waals surface area (Å²) in [4.78, 5) is 26.6. The summed E-state index contributed by atoms with van der Waals surface area (Å²) in [6.45, 7) is 3.88. The molecule has 3 aromatic heterocycles. The molecule has 0 amide bonds. The van der Waals surface area contributed by atoms with E-state index in [2.05, 4.69) is 40.1 Å². The smallest absolute Gasteiger partial charge is 0.225 e. The molecule has 1 aliphatic rings. The van der Waals surface area contributed by atoms with Crippen LogP contribution < -0.4 is 16.0 Å². The third-order valence-corrected chi connectivity index (χ3v) is 4.87. The minimum atomic E-state index is 0.358. The van der Waals surface area contributed by atoms with Gasteiger partial charge >= 0.3 is 0 Å². The van der Waals surface area contributed by atoms with Crippen molar-refractivity contribution in [3.8, 4) is 0 Å². The molecule has 0 saturated carbocycles. The first kappa shape index (κ1) is 20.7. The highest BCUT2D eigenvalue weighted by atomic mass is 35.5. The highest BCUT2D eigenvalue weighted by Gasteiger charge is 2.22. The second-order valence-electron chi connectivity index (χ2n) is 6.43. The number of hydrogen-bond acceptors (Lipinski definition) is 9. The lowest BCUT2D eigenvalue weighted by Gasteiger charge is -2.32. The number of rotatable bonds is 4. The second kappa shape index (κ2) is 10.5. The average molecular weight is 414 g/mol. The van der Waals surface area contributed by atoms with E-state index in [1.807, 2.05) is 13.0 Å². The van der Waals surface area contributed by atoms with Gasteiger partial charge in [-0.05, 0) is 31.4 Å². The van der Waals surface area contributed by atoms with Crippen LogP contribution in [0.25, 0.3) is 0 Å². The molecule has 1 saturated heterocycles. The highest BCUT2D eigenvalue weighted by molar-refractivity contribution is 6.33. The van der Waals surface area contributed by atoms with Crippen LogP contribution >= 0.6 is 11.6 Å². The van der Waals surface area contributed by atoms with Crippen molar-refractivity contribution < 1.29 is 0 Å². The van der Waals surface area contributed by atoms with E-state index in [1.54, 1.807) is 31.0 Å². The fourth-order valence-electron chi connectivity index (χ4n) is 2.93. The molecule has 4 rings (SSSR count). The maximum atomic E-state index is 6.33. The Balaban J connectivity index is 0.000000290. The van der Waals surface area contributed by atoms with Gasteiger partial charge in [0.1, 0.15) is 29.3 Å². The predicted octanol–water partition coefficient (Wildman–Crippen LogP) is 2.62. The molecule has 3 aromatic rings. The third kappa shape index (κ3) is 5.95. The van der Waals surface area contributed by atoms with Crippen LogP contribution in [0.1, 0.15) is 25.5 Å². The van der Waals surface area contributed by atoms with E-state index >= 15 is 0 Å². The molecule has 10 heteroatoms. The summed E-state index contributed by atoms with van der Waals surface area (Å²) in [6, 6.07) is 3.83. The van der Waals surface area contributed by atoms with Crippen molar-refractivity contribution in [1.82, 2.24) is 29.9 Å². The number of piperidine rings is 1. The van der Waals surface area contributed by atoms with E-state index in [0.29, 0.717) is 16.9 Å².